The van der Waals surface area contributed by atoms with Crippen LogP contribution in [0, 0.1) is 0 Å². The maximum Gasteiger partial charge on any atom is 0.332 e. The van der Waals surface area contributed by atoms with Gasteiger partial charge in [0.1, 0.15) is 11.7 Å². The Kier molecular flexibility index (Phi) is 5.96. The van der Waals surface area contributed by atoms with Gasteiger partial charge in [-0.1, -0.05) is 0 Å². The molecule has 0 aliphatic heterocycles. The Bertz CT molecular complexity index is 1070. The molecule has 2 aromatic heterocycles. The van der Waals surface area contributed by atoms with Gasteiger partial charge in [0.25, 0.3) is 11.5 Å². The molecule has 150 valence electrons. The summed E-state index contributed by atoms with van der Waals surface area (Å²) in [5, 5.41) is 11.8. The van der Waals surface area contributed by atoms with Gasteiger partial charge >= 0.3 is 11.7 Å². The molecule has 0 fully saturated rings. The lowest BCUT2D eigenvalue weighted by molar-refractivity contribution is -0.141. The highest BCUT2D eigenvalue weighted by Crippen LogP contribution is 2.12. The monoisotopic (exact) mass is 391 g/mol. The Morgan fingerprint density at radius 2 is 1.89 bits per heavy atom. The van der Waals surface area contributed by atoms with Gasteiger partial charge in [-0.2, -0.15) is 0 Å². The largest absolute Gasteiger partial charge is 0.480 e. The van der Waals surface area contributed by atoms with E-state index in [2.05, 4.69) is 10.3 Å². The van der Waals surface area contributed by atoms with Crippen molar-refractivity contribution in [1.82, 2.24) is 24.3 Å². The number of carboxylic acids is 1. The second-order valence-corrected chi connectivity index (χ2v) is 6.30. The second-order valence-electron chi connectivity index (χ2n) is 6.30. The van der Waals surface area contributed by atoms with Crippen LogP contribution in [0.2, 0.25) is 0 Å². The molecule has 0 aromatic carbocycles. The molecule has 2 N–H and O–H groups in total. The minimum Gasteiger partial charge on any atom is -0.480 e. The molecule has 11 nitrogen and oxygen atoms in total. The number of carbonyl (C=O) groups is 3. The molecule has 2 amide bonds. The fraction of sp³-hybridized carbons (Fsp3) is 0.412. The summed E-state index contributed by atoms with van der Waals surface area (Å²) in [7, 11) is 2.76. The third-order valence-corrected chi connectivity index (χ3v) is 4.35. The number of nitrogens with one attached hydrogen (secondary N) is 1. The van der Waals surface area contributed by atoms with Crippen molar-refractivity contribution in [2.24, 2.45) is 14.1 Å². The summed E-state index contributed by atoms with van der Waals surface area (Å²) in [6.07, 6.45) is 1.18. The van der Waals surface area contributed by atoms with Gasteiger partial charge in [0.2, 0.25) is 5.91 Å². The van der Waals surface area contributed by atoms with Gasteiger partial charge in [-0.25, -0.2) is 14.6 Å². The van der Waals surface area contributed by atoms with E-state index in [9.17, 15) is 29.1 Å². The molecule has 2 aromatic rings. The SMILES string of the molecule is CC(=O)NCCN(C(=O)c1cnc2c(c1)c(=O)n(C)c(=O)n2C)C(C)C(=O)O. The summed E-state index contributed by atoms with van der Waals surface area (Å²) in [6.45, 7) is 2.66. The van der Waals surface area contributed by atoms with Crippen molar-refractivity contribution in [2.45, 2.75) is 19.9 Å². The molecule has 0 aliphatic carbocycles. The average molecular weight is 391 g/mol. The fourth-order valence-electron chi connectivity index (χ4n) is 2.70. The van der Waals surface area contributed by atoms with Crippen LogP contribution in [0.25, 0.3) is 11.0 Å². The van der Waals surface area contributed by atoms with Gasteiger partial charge in [0, 0.05) is 40.3 Å². The normalized spacial score (nSPS) is 11.9. The lowest BCUT2D eigenvalue weighted by Crippen LogP contribution is -2.46. The first kappa shape index (κ1) is 20.8. The summed E-state index contributed by atoms with van der Waals surface area (Å²) in [4.78, 5) is 64.8. The molecule has 1 atom stereocenters. The van der Waals surface area contributed by atoms with E-state index in [1.165, 1.54) is 44.8 Å². The summed E-state index contributed by atoms with van der Waals surface area (Å²) < 4.78 is 2.08. The van der Waals surface area contributed by atoms with Crippen molar-refractivity contribution < 1.29 is 19.5 Å². The Labute approximate surface area is 159 Å². The highest BCUT2D eigenvalue weighted by atomic mass is 16.4. The third kappa shape index (κ3) is 3.92. The van der Waals surface area contributed by atoms with Crippen LogP contribution in [-0.2, 0) is 23.7 Å². The van der Waals surface area contributed by atoms with Crippen LogP contribution in [0.1, 0.15) is 24.2 Å². The van der Waals surface area contributed by atoms with E-state index in [1.54, 1.807) is 0 Å². The summed E-state index contributed by atoms with van der Waals surface area (Å²) in [5.41, 5.74) is -1.06. The molecule has 0 radical (unpaired) electrons. The lowest BCUT2D eigenvalue weighted by Gasteiger charge is -2.26. The number of fused-ring (bicyclic) bond motifs is 1. The van der Waals surface area contributed by atoms with Gasteiger partial charge in [0.15, 0.2) is 0 Å². The molecule has 28 heavy (non-hydrogen) atoms. The molecule has 0 saturated heterocycles. The minimum absolute atomic E-state index is 0.000765. The van der Waals surface area contributed by atoms with Crippen molar-refractivity contribution in [2.75, 3.05) is 13.1 Å². The first-order valence-electron chi connectivity index (χ1n) is 8.40. The molecular formula is C17H21N5O6. The molecule has 0 spiro atoms. The van der Waals surface area contributed by atoms with Gasteiger partial charge in [-0.15, -0.1) is 0 Å². The lowest BCUT2D eigenvalue weighted by atomic mass is 10.1. The number of amides is 2. The van der Waals surface area contributed by atoms with E-state index in [4.69, 9.17) is 0 Å². The smallest absolute Gasteiger partial charge is 0.332 e. The number of aliphatic carboxylic acids is 1. The Morgan fingerprint density at radius 1 is 1.25 bits per heavy atom. The van der Waals surface area contributed by atoms with Crippen LogP contribution in [0.15, 0.2) is 21.9 Å². The number of nitrogens with zero attached hydrogens (tertiary/aromatic N) is 4. The van der Waals surface area contributed by atoms with Crippen LogP contribution in [-0.4, -0.2) is 61.0 Å². The van der Waals surface area contributed by atoms with Crippen molar-refractivity contribution in [3.05, 3.63) is 38.7 Å². The van der Waals surface area contributed by atoms with Crippen LogP contribution < -0.4 is 16.6 Å². The second kappa shape index (κ2) is 8.03. The van der Waals surface area contributed by atoms with Crippen molar-refractivity contribution in [3.63, 3.8) is 0 Å². The molecule has 0 bridgehead atoms. The van der Waals surface area contributed by atoms with Crippen molar-refractivity contribution in [1.29, 1.82) is 0 Å². The van der Waals surface area contributed by atoms with Crippen molar-refractivity contribution >= 4 is 28.8 Å². The number of hydrogen-bond acceptors (Lipinski definition) is 6. The highest BCUT2D eigenvalue weighted by Gasteiger charge is 2.27. The van der Waals surface area contributed by atoms with Crippen LogP contribution in [0.3, 0.4) is 0 Å². The summed E-state index contributed by atoms with van der Waals surface area (Å²) in [5.74, 6) is -2.19. The topological polar surface area (TPSA) is 144 Å². The van der Waals surface area contributed by atoms with E-state index in [0.29, 0.717) is 0 Å². The average Bonchev–Trinajstić information content (AvgIpc) is 2.66. The summed E-state index contributed by atoms with van der Waals surface area (Å²) >= 11 is 0. The number of aryl methyl sites for hydroxylation is 1. The Morgan fingerprint density at radius 3 is 2.46 bits per heavy atom. The number of carboxylic acid groups (broad SMARTS) is 1. The number of carbonyl (C=O) groups excluding carboxylic acids is 2. The van der Waals surface area contributed by atoms with Crippen LogP contribution >= 0.6 is 0 Å². The predicted octanol–water partition coefficient (Wildman–Crippen LogP) is -1.32. The minimum atomic E-state index is -1.22. The van der Waals surface area contributed by atoms with Crippen LogP contribution in [0.4, 0.5) is 0 Å². The highest BCUT2D eigenvalue weighted by molar-refractivity contribution is 5.98. The van der Waals surface area contributed by atoms with E-state index in [0.717, 1.165) is 9.47 Å². The Hall–Kier alpha value is -3.50. The number of aromatic nitrogens is 3. The Balaban J connectivity index is 2.50. The van der Waals surface area contributed by atoms with Gasteiger partial charge in [0.05, 0.1) is 10.9 Å². The molecule has 0 aliphatic rings. The van der Waals surface area contributed by atoms with Gasteiger partial charge in [-0.3, -0.25) is 23.5 Å². The quantitative estimate of drug-likeness (QED) is 0.622. The summed E-state index contributed by atoms with van der Waals surface area (Å²) in [6, 6.07) is 0.117. The molecule has 2 heterocycles. The fourth-order valence-corrected chi connectivity index (χ4v) is 2.70. The first-order chi connectivity index (χ1) is 13.1. The zero-order valence-corrected chi connectivity index (χ0v) is 15.9. The molecule has 1 unspecified atom stereocenters. The van der Waals surface area contributed by atoms with Gasteiger partial charge < -0.3 is 15.3 Å². The van der Waals surface area contributed by atoms with E-state index < -0.39 is 29.2 Å². The molecule has 2 rings (SSSR count). The maximum atomic E-state index is 12.9. The molecule has 0 saturated carbocycles. The predicted molar refractivity (Wildman–Crippen MR) is 99.0 cm³/mol. The number of hydrogen-bond donors (Lipinski definition) is 2. The zero-order chi connectivity index (χ0) is 21.2. The van der Waals surface area contributed by atoms with Crippen molar-refractivity contribution in [3.8, 4) is 0 Å². The molecular weight excluding hydrogens is 370 g/mol. The standard InChI is InChI=1S/C17H21N5O6/c1-9(16(26)27)22(6-5-18-10(2)23)14(24)11-7-12-13(19-8-11)20(3)17(28)21(4)15(12)25/h7-9H,5-6H2,1-4H3,(H,18,23)(H,26,27). The third-order valence-electron chi connectivity index (χ3n) is 4.35. The van der Waals surface area contributed by atoms with Crippen LogP contribution in [0.5, 0.6) is 0 Å². The van der Waals surface area contributed by atoms with E-state index in [-0.39, 0.29) is 35.6 Å². The first-order valence-corrected chi connectivity index (χ1v) is 8.40. The zero-order valence-electron chi connectivity index (χ0n) is 15.9. The van der Waals surface area contributed by atoms with E-state index in [1.807, 2.05) is 0 Å². The number of rotatable bonds is 6. The number of pyridine rings is 1. The van der Waals surface area contributed by atoms with Gasteiger partial charge in [-0.05, 0) is 13.0 Å². The van der Waals surface area contributed by atoms with E-state index >= 15 is 0 Å². The molecule has 11 heteroatoms. The maximum absolute atomic E-state index is 12.9.